The summed E-state index contributed by atoms with van der Waals surface area (Å²) in [7, 11) is 0. The molecule has 9 heteroatoms. The minimum absolute atomic E-state index is 0.0273. The van der Waals surface area contributed by atoms with Gasteiger partial charge in [-0.2, -0.15) is 5.10 Å². The van der Waals surface area contributed by atoms with Gasteiger partial charge in [-0.1, -0.05) is 0 Å². The van der Waals surface area contributed by atoms with Crippen molar-refractivity contribution in [2.24, 2.45) is 5.10 Å². The summed E-state index contributed by atoms with van der Waals surface area (Å²) in [5.41, 5.74) is 2.66. The first kappa shape index (κ1) is 16.9. The molecule has 0 atom stereocenters. The van der Waals surface area contributed by atoms with Gasteiger partial charge in [-0.15, -0.1) is 11.3 Å². The number of hydrazone groups is 1. The largest absolute Gasteiger partial charge is 0.466 e. The third-order valence-corrected chi connectivity index (χ3v) is 3.36. The highest BCUT2D eigenvalue weighted by molar-refractivity contribution is 7.13. The molecule has 23 heavy (non-hydrogen) atoms. The minimum atomic E-state index is -1.29. The summed E-state index contributed by atoms with van der Waals surface area (Å²) in [6.07, 6.45) is 0.966. The number of ether oxygens (including phenoxy) is 1. The van der Waals surface area contributed by atoms with Gasteiger partial charge in [0.05, 0.1) is 24.9 Å². The highest BCUT2D eigenvalue weighted by Gasteiger charge is 2.10. The number of hydrogen-bond acceptors (Lipinski definition) is 6. The normalized spacial score (nSPS) is 11.0. The van der Waals surface area contributed by atoms with E-state index < -0.39 is 23.4 Å². The van der Waals surface area contributed by atoms with Crippen LogP contribution in [-0.4, -0.2) is 23.8 Å². The van der Waals surface area contributed by atoms with Crippen molar-refractivity contribution in [3.8, 4) is 0 Å². The number of thiazole rings is 1. The van der Waals surface area contributed by atoms with Gasteiger partial charge in [0.25, 0.3) is 0 Å². The van der Waals surface area contributed by atoms with Crippen LogP contribution in [0, 0.1) is 17.5 Å². The first-order valence-corrected chi connectivity index (χ1v) is 7.41. The molecule has 2 rings (SSSR count). The van der Waals surface area contributed by atoms with E-state index in [9.17, 15) is 18.0 Å². The van der Waals surface area contributed by atoms with Gasteiger partial charge in [0.2, 0.25) is 5.13 Å². The van der Waals surface area contributed by atoms with E-state index in [0.717, 1.165) is 12.3 Å². The van der Waals surface area contributed by atoms with Crippen LogP contribution in [0.1, 0.15) is 18.2 Å². The fourth-order valence-corrected chi connectivity index (χ4v) is 2.29. The van der Waals surface area contributed by atoms with E-state index in [0.29, 0.717) is 16.9 Å². The molecule has 1 aromatic heterocycles. The maximum atomic E-state index is 13.4. The Bertz CT molecular complexity index is 734. The van der Waals surface area contributed by atoms with Crippen molar-refractivity contribution in [3.63, 3.8) is 0 Å². The summed E-state index contributed by atoms with van der Waals surface area (Å²) >= 11 is 1.17. The lowest BCUT2D eigenvalue weighted by molar-refractivity contribution is -0.142. The second kappa shape index (κ2) is 7.73. The summed E-state index contributed by atoms with van der Waals surface area (Å²) in [5, 5.41) is 5.65. The Morgan fingerprint density at radius 1 is 1.43 bits per heavy atom. The van der Waals surface area contributed by atoms with Crippen LogP contribution in [0.2, 0.25) is 0 Å². The predicted molar refractivity (Wildman–Crippen MR) is 80.0 cm³/mol. The Morgan fingerprint density at radius 2 is 2.22 bits per heavy atom. The van der Waals surface area contributed by atoms with Crippen LogP contribution in [0.5, 0.6) is 0 Å². The van der Waals surface area contributed by atoms with Crippen molar-refractivity contribution in [1.29, 1.82) is 0 Å². The number of nitrogens with one attached hydrogen (secondary N) is 1. The third-order valence-electron chi connectivity index (χ3n) is 2.57. The van der Waals surface area contributed by atoms with Crippen molar-refractivity contribution >= 4 is 28.7 Å². The second-order valence-corrected chi connectivity index (χ2v) is 5.14. The van der Waals surface area contributed by atoms with E-state index in [1.807, 2.05) is 0 Å². The van der Waals surface area contributed by atoms with Gasteiger partial charge < -0.3 is 4.74 Å². The molecule has 0 saturated heterocycles. The number of halogens is 3. The summed E-state index contributed by atoms with van der Waals surface area (Å²) in [4.78, 5) is 15.4. The number of carbonyl (C=O) groups excluding carboxylic acids is 1. The van der Waals surface area contributed by atoms with Crippen LogP contribution in [-0.2, 0) is 16.0 Å². The molecule has 5 nitrogen and oxygen atoms in total. The van der Waals surface area contributed by atoms with E-state index in [2.05, 4.69) is 15.5 Å². The minimum Gasteiger partial charge on any atom is -0.466 e. The first-order chi connectivity index (χ1) is 11.0. The van der Waals surface area contributed by atoms with Crippen LogP contribution < -0.4 is 5.43 Å². The fraction of sp³-hybridized carbons (Fsp3) is 0.214. The van der Waals surface area contributed by atoms with E-state index in [-0.39, 0.29) is 18.6 Å². The molecular weight excluding hydrogens is 331 g/mol. The molecule has 0 aliphatic rings. The molecule has 0 aliphatic heterocycles. The number of anilines is 1. The molecule has 0 fully saturated rings. The molecule has 1 N–H and O–H groups in total. The van der Waals surface area contributed by atoms with Gasteiger partial charge >= 0.3 is 5.97 Å². The van der Waals surface area contributed by atoms with Crippen LogP contribution in [0.15, 0.2) is 22.6 Å². The van der Waals surface area contributed by atoms with Gasteiger partial charge in [0.15, 0.2) is 11.6 Å². The number of esters is 1. The summed E-state index contributed by atoms with van der Waals surface area (Å²) in [6, 6.07) is 1.26. The molecular formula is C14H12F3N3O2S. The van der Waals surface area contributed by atoms with E-state index >= 15 is 0 Å². The van der Waals surface area contributed by atoms with E-state index in [1.54, 1.807) is 12.3 Å². The standard InChI is InChI=1S/C14H12F3N3O2S/c1-2-22-12(21)5-10-7-23-14(19-10)20-18-6-8-3-9(15)4-11(16)13(8)17/h3-4,6-7H,2,5H2,1H3,(H,19,20). The van der Waals surface area contributed by atoms with Crippen LogP contribution in [0.4, 0.5) is 18.3 Å². The molecule has 122 valence electrons. The lowest BCUT2D eigenvalue weighted by Gasteiger charge is -1.99. The predicted octanol–water partition coefficient (Wildman–Crippen LogP) is 3.11. The Balaban J connectivity index is 1.99. The van der Waals surface area contributed by atoms with Gasteiger partial charge in [-0.05, 0) is 13.0 Å². The highest BCUT2D eigenvalue weighted by atomic mass is 32.1. The van der Waals surface area contributed by atoms with Crippen LogP contribution in [0.25, 0.3) is 0 Å². The monoisotopic (exact) mass is 343 g/mol. The smallest absolute Gasteiger partial charge is 0.311 e. The molecule has 1 heterocycles. The number of rotatable bonds is 6. The number of nitrogens with zero attached hydrogens (tertiary/aromatic N) is 2. The lowest BCUT2D eigenvalue weighted by Crippen LogP contribution is -2.07. The van der Waals surface area contributed by atoms with Gasteiger partial charge in [0, 0.05) is 17.0 Å². The van der Waals surface area contributed by atoms with Crippen molar-refractivity contribution in [1.82, 2.24) is 4.98 Å². The van der Waals surface area contributed by atoms with Gasteiger partial charge in [-0.3, -0.25) is 10.2 Å². The molecule has 0 amide bonds. The molecule has 0 aliphatic carbocycles. The number of hydrogen-bond donors (Lipinski definition) is 1. The Kier molecular flexibility index (Phi) is 5.69. The maximum Gasteiger partial charge on any atom is 0.311 e. The highest BCUT2D eigenvalue weighted by Crippen LogP contribution is 2.16. The molecule has 2 aromatic rings. The average molecular weight is 343 g/mol. The number of benzene rings is 1. The van der Waals surface area contributed by atoms with Crippen LogP contribution >= 0.6 is 11.3 Å². The molecule has 0 spiro atoms. The molecule has 0 saturated carbocycles. The number of carbonyl (C=O) groups is 1. The van der Waals surface area contributed by atoms with Crippen molar-refractivity contribution in [2.75, 3.05) is 12.0 Å². The maximum absolute atomic E-state index is 13.4. The van der Waals surface area contributed by atoms with Crippen molar-refractivity contribution in [2.45, 2.75) is 13.3 Å². The lowest BCUT2D eigenvalue weighted by atomic mass is 10.2. The quantitative estimate of drug-likeness (QED) is 0.379. The van der Waals surface area contributed by atoms with Crippen LogP contribution in [0.3, 0.4) is 0 Å². The SMILES string of the molecule is CCOC(=O)Cc1csc(NN=Cc2cc(F)cc(F)c2F)n1. The third kappa shape index (κ3) is 4.78. The zero-order valence-electron chi connectivity index (χ0n) is 12.0. The summed E-state index contributed by atoms with van der Waals surface area (Å²) in [6.45, 7) is 1.99. The zero-order chi connectivity index (χ0) is 16.8. The van der Waals surface area contributed by atoms with E-state index in [1.165, 1.54) is 11.3 Å². The Labute approximate surface area is 133 Å². The Hall–Kier alpha value is -2.42. The van der Waals surface area contributed by atoms with Crippen molar-refractivity contribution < 1.29 is 22.7 Å². The topological polar surface area (TPSA) is 63.6 Å². The number of aromatic nitrogens is 1. The average Bonchev–Trinajstić information content (AvgIpc) is 2.91. The van der Waals surface area contributed by atoms with E-state index in [4.69, 9.17) is 4.74 Å². The van der Waals surface area contributed by atoms with Gasteiger partial charge in [0.1, 0.15) is 5.82 Å². The second-order valence-electron chi connectivity index (χ2n) is 4.29. The zero-order valence-corrected chi connectivity index (χ0v) is 12.8. The van der Waals surface area contributed by atoms with Crippen molar-refractivity contribution in [3.05, 3.63) is 46.2 Å². The first-order valence-electron chi connectivity index (χ1n) is 6.53. The molecule has 0 unspecified atom stereocenters. The molecule has 0 bridgehead atoms. The summed E-state index contributed by atoms with van der Waals surface area (Å²) in [5.74, 6) is -3.79. The molecule has 0 radical (unpaired) electrons. The van der Waals surface area contributed by atoms with Gasteiger partial charge in [-0.25, -0.2) is 18.2 Å². The molecule has 1 aromatic carbocycles. The Morgan fingerprint density at radius 3 is 2.96 bits per heavy atom. The summed E-state index contributed by atoms with van der Waals surface area (Å²) < 4.78 is 44.2. The fourth-order valence-electron chi connectivity index (χ4n) is 1.63.